The zero-order valence-electron chi connectivity index (χ0n) is 10.6. The molecule has 16 heavy (non-hydrogen) atoms. The molecule has 1 saturated carbocycles. The molecule has 2 rings (SSSR count). The highest BCUT2D eigenvalue weighted by molar-refractivity contribution is 7.15. The Labute approximate surface area is 102 Å². The Morgan fingerprint density at radius 1 is 1.31 bits per heavy atom. The van der Waals surface area contributed by atoms with Crippen molar-refractivity contribution in [1.82, 2.24) is 4.98 Å². The molecule has 0 aliphatic heterocycles. The summed E-state index contributed by atoms with van der Waals surface area (Å²) in [6, 6.07) is 0. The fourth-order valence-electron chi connectivity index (χ4n) is 2.59. The number of anilines is 1. The van der Waals surface area contributed by atoms with Crippen LogP contribution < -0.4 is 5.32 Å². The topological polar surface area (TPSA) is 24.9 Å². The van der Waals surface area contributed by atoms with Crippen molar-refractivity contribution in [2.45, 2.75) is 52.9 Å². The van der Waals surface area contributed by atoms with Gasteiger partial charge in [-0.1, -0.05) is 19.8 Å². The van der Waals surface area contributed by atoms with Gasteiger partial charge in [0.15, 0.2) is 5.13 Å². The van der Waals surface area contributed by atoms with Crippen molar-refractivity contribution in [2.75, 3.05) is 11.9 Å². The van der Waals surface area contributed by atoms with Crippen LogP contribution in [0, 0.1) is 19.3 Å². The number of hydrogen-bond acceptors (Lipinski definition) is 3. The van der Waals surface area contributed by atoms with E-state index in [1.54, 1.807) is 11.3 Å². The molecule has 0 spiro atoms. The molecule has 0 aromatic carbocycles. The Morgan fingerprint density at radius 3 is 2.50 bits per heavy atom. The number of thiazole rings is 1. The molecule has 1 aliphatic rings. The lowest BCUT2D eigenvalue weighted by atomic mass is 9.83. The van der Waals surface area contributed by atoms with E-state index in [1.165, 1.54) is 42.7 Å². The first-order valence-electron chi connectivity index (χ1n) is 6.33. The molecule has 1 N–H and O–H groups in total. The maximum Gasteiger partial charge on any atom is 0.183 e. The summed E-state index contributed by atoms with van der Waals surface area (Å²) in [6.07, 6.45) is 6.89. The van der Waals surface area contributed by atoms with Crippen LogP contribution in [0.15, 0.2) is 0 Å². The predicted octanol–water partition coefficient (Wildman–Crippen LogP) is 4.14. The van der Waals surface area contributed by atoms with Gasteiger partial charge in [-0.25, -0.2) is 4.98 Å². The summed E-state index contributed by atoms with van der Waals surface area (Å²) >= 11 is 1.78. The van der Waals surface area contributed by atoms with Gasteiger partial charge >= 0.3 is 0 Å². The number of aromatic nitrogens is 1. The SMILES string of the molecule is CCC1(CNc2nc(C)c(C)s2)CCCC1. The molecular formula is C13H22N2S. The smallest absolute Gasteiger partial charge is 0.183 e. The van der Waals surface area contributed by atoms with Gasteiger partial charge in [-0.2, -0.15) is 0 Å². The first kappa shape index (κ1) is 11.9. The highest BCUT2D eigenvalue weighted by Gasteiger charge is 2.31. The lowest BCUT2D eigenvalue weighted by molar-refractivity contribution is 0.307. The first-order valence-corrected chi connectivity index (χ1v) is 7.15. The van der Waals surface area contributed by atoms with E-state index in [0.29, 0.717) is 5.41 Å². The summed E-state index contributed by atoms with van der Waals surface area (Å²) in [5, 5.41) is 4.65. The Hall–Kier alpha value is -0.570. The first-order chi connectivity index (χ1) is 7.65. The third-order valence-electron chi connectivity index (χ3n) is 4.06. The van der Waals surface area contributed by atoms with Crippen molar-refractivity contribution in [3.8, 4) is 0 Å². The van der Waals surface area contributed by atoms with Crippen molar-refractivity contribution in [3.63, 3.8) is 0 Å². The number of hydrogen-bond donors (Lipinski definition) is 1. The van der Waals surface area contributed by atoms with Crippen LogP contribution in [0.2, 0.25) is 0 Å². The van der Waals surface area contributed by atoms with E-state index in [9.17, 15) is 0 Å². The molecule has 3 heteroatoms. The summed E-state index contributed by atoms with van der Waals surface area (Å²) in [6.45, 7) is 7.66. The Balaban J connectivity index is 1.95. The minimum absolute atomic E-state index is 0.549. The van der Waals surface area contributed by atoms with Crippen molar-refractivity contribution in [2.24, 2.45) is 5.41 Å². The number of nitrogens with zero attached hydrogens (tertiary/aromatic N) is 1. The predicted molar refractivity (Wildman–Crippen MR) is 71.3 cm³/mol. The van der Waals surface area contributed by atoms with Gasteiger partial charge in [-0.3, -0.25) is 0 Å². The third-order valence-corrected chi connectivity index (χ3v) is 5.09. The van der Waals surface area contributed by atoms with Crippen molar-refractivity contribution in [1.29, 1.82) is 0 Å². The molecule has 1 aromatic rings. The van der Waals surface area contributed by atoms with Crippen LogP contribution in [0.3, 0.4) is 0 Å². The average molecular weight is 238 g/mol. The minimum Gasteiger partial charge on any atom is -0.361 e. The van der Waals surface area contributed by atoms with Gasteiger partial charge in [0.2, 0.25) is 0 Å². The van der Waals surface area contributed by atoms with E-state index >= 15 is 0 Å². The Morgan fingerprint density at radius 2 is 2.00 bits per heavy atom. The van der Waals surface area contributed by atoms with Gasteiger partial charge < -0.3 is 5.32 Å². The highest BCUT2D eigenvalue weighted by Crippen LogP contribution is 2.41. The quantitative estimate of drug-likeness (QED) is 0.852. The summed E-state index contributed by atoms with van der Waals surface area (Å²) in [5.74, 6) is 0. The highest BCUT2D eigenvalue weighted by atomic mass is 32.1. The van der Waals surface area contributed by atoms with Gasteiger partial charge in [0.25, 0.3) is 0 Å². The number of rotatable bonds is 4. The largest absolute Gasteiger partial charge is 0.361 e. The van der Waals surface area contributed by atoms with Gasteiger partial charge in [0, 0.05) is 11.4 Å². The molecule has 0 atom stereocenters. The third kappa shape index (κ3) is 2.40. The molecule has 0 bridgehead atoms. The second-order valence-electron chi connectivity index (χ2n) is 5.07. The van der Waals surface area contributed by atoms with E-state index in [-0.39, 0.29) is 0 Å². The molecule has 0 amide bonds. The maximum atomic E-state index is 4.54. The van der Waals surface area contributed by atoms with Crippen LogP contribution >= 0.6 is 11.3 Å². The monoisotopic (exact) mass is 238 g/mol. The van der Waals surface area contributed by atoms with Crippen molar-refractivity contribution < 1.29 is 0 Å². The standard InChI is InChI=1S/C13H22N2S/c1-4-13(7-5-6-8-13)9-14-12-15-10(2)11(3)16-12/h4-9H2,1-3H3,(H,14,15). The fraction of sp³-hybridized carbons (Fsp3) is 0.769. The van der Waals surface area contributed by atoms with Crippen LogP contribution in [0.25, 0.3) is 0 Å². The number of nitrogens with one attached hydrogen (secondary N) is 1. The zero-order chi connectivity index (χ0) is 11.6. The zero-order valence-corrected chi connectivity index (χ0v) is 11.4. The van der Waals surface area contributed by atoms with Gasteiger partial charge in [-0.05, 0) is 38.5 Å². The Bertz CT molecular complexity index is 331. The summed E-state index contributed by atoms with van der Waals surface area (Å²) in [7, 11) is 0. The fourth-order valence-corrected chi connectivity index (χ4v) is 3.40. The Kier molecular flexibility index (Phi) is 3.53. The molecule has 0 unspecified atom stereocenters. The minimum atomic E-state index is 0.549. The molecule has 0 radical (unpaired) electrons. The van der Waals surface area contributed by atoms with E-state index in [2.05, 4.69) is 31.1 Å². The van der Waals surface area contributed by atoms with Crippen molar-refractivity contribution >= 4 is 16.5 Å². The molecule has 2 nitrogen and oxygen atoms in total. The summed E-state index contributed by atoms with van der Waals surface area (Å²) in [5.41, 5.74) is 1.72. The molecule has 0 saturated heterocycles. The van der Waals surface area contributed by atoms with Crippen LogP contribution in [-0.4, -0.2) is 11.5 Å². The van der Waals surface area contributed by atoms with Crippen LogP contribution in [0.5, 0.6) is 0 Å². The van der Waals surface area contributed by atoms with Crippen LogP contribution in [0.4, 0.5) is 5.13 Å². The van der Waals surface area contributed by atoms with Gasteiger partial charge in [0.05, 0.1) is 5.69 Å². The van der Waals surface area contributed by atoms with Gasteiger partial charge in [0.1, 0.15) is 0 Å². The summed E-state index contributed by atoms with van der Waals surface area (Å²) in [4.78, 5) is 5.88. The van der Waals surface area contributed by atoms with Crippen LogP contribution in [0.1, 0.15) is 49.6 Å². The average Bonchev–Trinajstić information content (AvgIpc) is 2.85. The maximum absolute atomic E-state index is 4.54. The number of aryl methyl sites for hydroxylation is 2. The van der Waals surface area contributed by atoms with Crippen LogP contribution in [-0.2, 0) is 0 Å². The molecule has 1 fully saturated rings. The molecular weight excluding hydrogens is 216 g/mol. The lowest BCUT2D eigenvalue weighted by Gasteiger charge is -2.27. The molecule has 90 valence electrons. The summed E-state index contributed by atoms with van der Waals surface area (Å²) < 4.78 is 0. The van der Waals surface area contributed by atoms with Gasteiger partial charge in [-0.15, -0.1) is 11.3 Å². The van der Waals surface area contributed by atoms with E-state index in [0.717, 1.165) is 11.7 Å². The molecule has 1 aromatic heterocycles. The second-order valence-corrected chi connectivity index (χ2v) is 6.28. The molecule has 1 heterocycles. The molecule has 1 aliphatic carbocycles. The van der Waals surface area contributed by atoms with E-state index in [4.69, 9.17) is 0 Å². The van der Waals surface area contributed by atoms with E-state index in [1.807, 2.05) is 0 Å². The second kappa shape index (κ2) is 4.74. The lowest BCUT2D eigenvalue weighted by Crippen LogP contribution is -2.25. The van der Waals surface area contributed by atoms with E-state index < -0.39 is 0 Å². The normalized spacial score (nSPS) is 18.9. The van der Waals surface area contributed by atoms with Crippen molar-refractivity contribution in [3.05, 3.63) is 10.6 Å².